The molecule has 0 unspecified atom stereocenters. The Morgan fingerprint density at radius 1 is 1.10 bits per heavy atom. The van der Waals surface area contributed by atoms with Gasteiger partial charge in [0.25, 0.3) is 0 Å². The summed E-state index contributed by atoms with van der Waals surface area (Å²) in [5.41, 5.74) is 2.80. The highest BCUT2D eigenvalue weighted by Gasteiger charge is 2.31. The van der Waals surface area contributed by atoms with Gasteiger partial charge in [-0.2, -0.15) is 0 Å². The number of aryl methyl sites for hydroxylation is 1. The van der Waals surface area contributed by atoms with Crippen molar-refractivity contribution < 1.29 is 14.3 Å². The molecule has 0 heterocycles. The lowest BCUT2D eigenvalue weighted by atomic mass is 9.76. The zero-order valence-corrected chi connectivity index (χ0v) is 14.4. The van der Waals surface area contributed by atoms with Gasteiger partial charge in [-0.05, 0) is 23.3 Å². The number of hydrogen-bond acceptors (Lipinski definition) is 3. The van der Waals surface area contributed by atoms with Crippen LogP contribution in [0.15, 0.2) is 6.07 Å². The first-order chi connectivity index (χ1) is 9.39. The van der Waals surface area contributed by atoms with Crippen molar-refractivity contribution in [3.63, 3.8) is 0 Å². The van der Waals surface area contributed by atoms with Crippen molar-refractivity contribution in [2.45, 2.75) is 66.2 Å². The summed E-state index contributed by atoms with van der Waals surface area (Å²) in [6.45, 7) is 15.6. The second-order valence-electron chi connectivity index (χ2n) is 7.57. The van der Waals surface area contributed by atoms with Crippen molar-refractivity contribution in [3.05, 3.63) is 28.3 Å². The van der Waals surface area contributed by atoms with Crippen LogP contribution in [-0.2, 0) is 15.6 Å². The van der Waals surface area contributed by atoms with E-state index >= 15 is 0 Å². The SMILES string of the molecule is CC(=O)Oc1c(C(C)(C)C)cc(C)c(C=O)c1C(C)(C)C. The lowest BCUT2D eigenvalue weighted by Gasteiger charge is -2.31. The minimum atomic E-state index is -0.369. The number of carbonyl (C=O) groups is 2. The topological polar surface area (TPSA) is 43.4 Å². The summed E-state index contributed by atoms with van der Waals surface area (Å²) in [6.07, 6.45) is 0.857. The van der Waals surface area contributed by atoms with Crippen molar-refractivity contribution in [1.29, 1.82) is 0 Å². The summed E-state index contributed by atoms with van der Waals surface area (Å²) in [5, 5.41) is 0. The van der Waals surface area contributed by atoms with Crippen LogP contribution < -0.4 is 4.74 Å². The highest BCUT2D eigenvalue weighted by molar-refractivity contribution is 5.84. The zero-order chi connectivity index (χ0) is 16.6. The lowest BCUT2D eigenvalue weighted by Crippen LogP contribution is -2.23. The number of carbonyl (C=O) groups excluding carboxylic acids is 2. The van der Waals surface area contributed by atoms with Gasteiger partial charge in [-0.3, -0.25) is 9.59 Å². The van der Waals surface area contributed by atoms with Gasteiger partial charge in [0, 0.05) is 23.6 Å². The second kappa shape index (κ2) is 5.63. The molecule has 1 aromatic carbocycles. The van der Waals surface area contributed by atoms with E-state index in [9.17, 15) is 9.59 Å². The third-order valence-electron chi connectivity index (χ3n) is 3.45. The summed E-state index contributed by atoms with van der Waals surface area (Å²) in [7, 11) is 0. The van der Waals surface area contributed by atoms with Crippen LogP contribution in [0.4, 0.5) is 0 Å². The van der Waals surface area contributed by atoms with Crippen molar-refractivity contribution in [1.82, 2.24) is 0 Å². The maximum absolute atomic E-state index is 11.6. The smallest absolute Gasteiger partial charge is 0.308 e. The van der Waals surface area contributed by atoms with Crippen molar-refractivity contribution in [2.24, 2.45) is 0 Å². The van der Waals surface area contributed by atoms with Crippen molar-refractivity contribution >= 4 is 12.3 Å². The van der Waals surface area contributed by atoms with Crippen molar-refractivity contribution in [2.75, 3.05) is 0 Å². The van der Waals surface area contributed by atoms with E-state index in [2.05, 4.69) is 20.8 Å². The van der Waals surface area contributed by atoms with Crippen LogP contribution in [-0.4, -0.2) is 12.3 Å². The predicted molar refractivity (Wildman–Crippen MR) is 85.3 cm³/mol. The van der Waals surface area contributed by atoms with E-state index < -0.39 is 0 Å². The molecule has 0 radical (unpaired) electrons. The maximum Gasteiger partial charge on any atom is 0.308 e. The van der Waals surface area contributed by atoms with Gasteiger partial charge in [0.15, 0.2) is 6.29 Å². The molecule has 0 amide bonds. The fraction of sp³-hybridized carbons (Fsp3) is 0.556. The van der Waals surface area contributed by atoms with Gasteiger partial charge in [-0.15, -0.1) is 0 Å². The number of aldehydes is 1. The predicted octanol–water partition coefficient (Wildman–Crippen LogP) is 4.33. The number of benzene rings is 1. The molecular formula is C18H26O3. The molecule has 0 N–H and O–H groups in total. The summed E-state index contributed by atoms with van der Waals surface area (Å²) >= 11 is 0. The first kappa shape index (κ1) is 17.4. The number of hydrogen-bond donors (Lipinski definition) is 0. The van der Waals surface area contributed by atoms with Crippen LogP contribution in [0.1, 0.15) is 75.5 Å². The molecule has 0 saturated heterocycles. The average Bonchev–Trinajstić information content (AvgIpc) is 2.26. The molecule has 1 aromatic rings. The molecule has 0 fully saturated rings. The van der Waals surface area contributed by atoms with Gasteiger partial charge in [0.2, 0.25) is 0 Å². The Labute approximate surface area is 127 Å². The molecule has 116 valence electrons. The van der Waals surface area contributed by atoms with E-state index in [0.29, 0.717) is 11.3 Å². The van der Waals surface area contributed by atoms with Gasteiger partial charge < -0.3 is 4.74 Å². The largest absolute Gasteiger partial charge is 0.426 e. The fourth-order valence-corrected chi connectivity index (χ4v) is 2.52. The van der Waals surface area contributed by atoms with Crippen molar-refractivity contribution in [3.8, 4) is 5.75 Å². The summed E-state index contributed by atoms with van der Waals surface area (Å²) < 4.78 is 5.53. The molecular weight excluding hydrogens is 264 g/mol. The van der Waals surface area contributed by atoms with Crippen LogP contribution in [0.3, 0.4) is 0 Å². The molecule has 0 saturated carbocycles. The number of esters is 1. The molecule has 0 aliphatic carbocycles. The third kappa shape index (κ3) is 3.72. The summed E-state index contributed by atoms with van der Waals surface area (Å²) in [4.78, 5) is 23.1. The fourth-order valence-electron chi connectivity index (χ4n) is 2.52. The third-order valence-corrected chi connectivity index (χ3v) is 3.45. The Hall–Kier alpha value is -1.64. The highest BCUT2D eigenvalue weighted by atomic mass is 16.5. The zero-order valence-electron chi connectivity index (χ0n) is 14.4. The van der Waals surface area contributed by atoms with E-state index in [-0.39, 0.29) is 16.8 Å². The normalized spacial score (nSPS) is 12.2. The standard InChI is InChI=1S/C18H26O3/c1-11-9-14(17(3,4)5)16(21-12(2)20)15(13(11)10-19)18(6,7)8/h9-10H,1-8H3. The van der Waals surface area contributed by atoms with Crippen LogP contribution in [0.25, 0.3) is 0 Å². The monoisotopic (exact) mass is 290 g/mol. The second-order valence-corrected chi connectivity index (χ2v) is 7.57. The van der Waals surface area contributed by atoms with Crippen LogP contribution in [0.2, 0.25) is 0 Å². The first-order valence-electron chi connectivity index (χ1n) is 7.21. The van der Waals surface area contributed by atoms with E-state index in [0.717, 1.165) is 23.0 Å². The molecule has 1 rings (SSSR count). The molecule has 3 heteroatoms. The Morgan fingerprint density at radius 2 is 1.62 bits per heavy atom. The minimum Gasteiger partial charge on any atom is -0.426 e. The maximum atomic E-state index is 11.6. The Bertz CT molecular complexity index is 570. The molecule has 0 aliphatic rings. The molecule has 3 nitrogen and oxygen atoms in total. The average molecular weight is 290 g/mol. The van der Waals surface area contributed by atoms with E-state index in [1.165, 1.54) is 6.92 Å². The Balaban J connectivity index is 3.90. The van der Waals surface area contributed by atoms with Gasteiger partial charge >= 0.3 is 5.97 Å². The number of rotatable bonds is 2. The first-order valence-corrected chi connectivity index (χ1v) is 7.21. The van der Waals surface area contributed by atoms with Crippen LogP contribution >= 0.6 is 0 Å². The molecule has 0 aromatic heterocycles. The number of ether oxygens (including phenoxy) is 1. The molecule has 21 heavy (non-hydrogen) atoms. The Kier molecular flexibility index (Phi) is 4.66. The minimum absolute atomic E-state index is 0.184. The Morgan fingerprint density at radius 3 is 1.95 bits per heavy atom. The molecule has 0 spiro atoms. The highest BCUT2D eigenvalue weighted by Crippen LogP contribution is 2.42. The summed E-state index contributed by atoms with van der Waals surface area (Å²) in [6, 6.07) is 1.96. The van der Waals surface area contributed by atoms with Gasteiger partial charge in [0.1, 0.15) is 5.75 Å². The lowest BCUT2D eigenvalue weighted by molar-refractivity contribution is -0.132. The van der Waals surface area contributed by atoms with Crippen LogP contribution in [0, 0.1) is 6.92 Å². The molecule has 0 aliphatic heterocycles. The van der Waals surface area contributed by atoms with Gasteiger partial charge in [0.05, 0.1) is 0 Å². The van der Waals surface area contributed by atoms with Gasteiger partial charge in [-0.25, -0.2) is 0 Å². The van der Waals surface area contributed by atoms with Gasteiger partial charge in [-0.1, -0.05) is 47.6 Å². The molecule has 0 atom stereocenters. The summed E-state index contributed by atoms with van der Waals surface area (Å²) in [5.74, 6) is 0.168. The quantitative estimate of drug-likeness (QED) is 0.462. The van der Waals surface area contributed by atoms with E-state index in [4.69, 9.17) is 4.74 Å². The van der Waals surface area contributed by atoms with Crippen LogP contribution in [0.5, 0.6) is 5.75 Å². The van der Waals surface area contributed by atoms with E-state index in [1.54, 1.807) is 0 Å². The molecule has 0 bridgehead atoms. The van der Waals surface area contributed by atoms with E-state index in [1.807, 2.05) is 33.8 Å².